The molecule has 0 aliphatic rings. The zero-order chi connectivity index (χ0) is 13.0. The van der Waals surface area contributed by atoms with Crippen LogP contribution in [0.3, 0.4) is 0 Å². The van der Waals surface area contributed by atoms with Crippen LogP contribution in [-0.4, -0.2) is 27.8 Å². The normalized spacial score (nSPS) is 14.4. The number of hydrogen-bond acceptors (Lipinski definition) is 5. The fourth-order valence-corrected chi connectivity index (χ4v) is 1.63. The Kier molecular flexibility index (Phi) is 4.83. The van der Waals surface area contributed by atoms with Crippen LogP contribution in [0.1, 0.15) is 18.1 Å². The lowest BCUT2D eigenvalue weighted by Gasteiger charge is -2.17. The van der Waals surface area contributed by atoms with Crippen molar-refractivity contribution in [2.45, 2.75) is 18.6 Å². The van der Waals surface area contributed by atoms with E-state index >= 15 is 0 Å². The summed E-state index contributed by atoms with van der Waals surface area (Å²) in [5.74, 6) is 0. The van der Waals surface area contributed by atoms with Crippen LogP contribution in [0, 0.1) is 10.1 Å². The largest absolute Gasteiger partial charge is 0.390 e. The second kappa shape index (κ2) is 5.92. The molecule has 1 aromatic carbocycles. The molecule has 0 saturated heterocycles. The van der Waals surface area contributed by atoms with Crippen LogP contribution in [0.25, 0.3) is 0 Å². The molecule has 1 rings (SSSR count). The topological polar surface area (TPSA) is 110 Å². The Bertz CT molecular complexity index is 413. The molecular weight excluding hydrogens is 248 g/mol. The van der Waals surface area contributed by atoms with Crippen molar-refractivity contribution >= 4 is 17.3 Å². The number of hydrogen-bond donors (Lipinski definition) is 3. The monoisotopic (exact) mass is 260 g/mol. The van der Waals surface area contributed by atoms with Crippen LogP contribution in [0.2, 0.25) is 5.02 Å². The molecule has 0 saturated carbocycles. The molecule has 0 aliphatic carbocycles. The third-order valence-electron chi connectivity index (χ3n) is 2.33. The van der Waals surface area contributed by atoms with E-state index in [1.165, 1.54) is 12.1 Å². The first-order valence-electron chi connectivity index (χ1n) is 4.97. The lowest BCUT2D eigenvalue weighted by atomic mass is 10.0. The van der Waals surface area contributed by atoms with Crippen molar-refractivity contribution in [2.24, 2.45) is 5.73 Å². The van der Waals surface area contributed by atoms with Crippen LogP contribution in [0.15, 0.2) is 18.2 Å². The Hall–Kier alpha value is -1.21. The van der Waals surface area contributed by atoms with E-state index in [1.807, 2.05) is 0 Å². The SMILES string of the molecule is NCCC(O)C(O)c1ccc(Cl)cc1[N+](=O)[O-]. The first kappa shape index (κ1) is 13.9. The smallest absolute Gasteiger partial charge is 0.276 e. The van der Waals surface area contributed by atoms with Crippen molar-refractivity contribution < 1.29 is 15.1 Å². The molecule has 17 heavy (non-hydrogen) atoms. The zero-order valence-corrected chi connectivity index (χ0v) is 9.67. The molecule has 1 aromatic rings. The minimum absolute atomic E-state index is 0.0281. The van der Waals surface area contributed by atoms with Gasteiger partial charge in [0.1, 0.15) is 6.10 Å². The van der Waals surface area contributed by atoms with Crippen LogP contribution in [-0.2, 0) is 0 Å². The molecular formula is C10H13ClN2O4. The van der Waals surface area contributed by atoms with Crippen LogP contribution in [0.5, 0.6) is 0 Å². The fraction of sp³-hybridized carbons (Fsp3) is 0.400. The molecule has 2 atom stereocenters. The Morgan fingerprint density at radius 1 is 1.47 bits per heavy atom. The van der Waals surface area contributed by atoms with Crippen LogP contribution >= 0.6 is 11.6 Å². The van der Waals surface area contributed by atoms with Gasteiger partial charge >= 0.3 is 0 Å². The van der Waals surface area contributed by atoms with Gasteiger partial charge in [0, 0.05) is 11.1 Å². The zero-order valence-electron chi connectivity index (χ0n) is 8.91. The maximum absolute atomic E-state index is 10.8. The Labute approximate surface area is 103 Å². The first-order chi connectivity index (χ1) is 7.97. The number of nitrogens with zero attached hydrogens (tertiary/aromatic N) is 1. The molecule has 0 heterocycles. The minimum Gasteiger partial charge on any atom is -0.390 e. The van der Waals surface area contributed by atoms with E-state index in [9.17, 15) is 20.3 Å². The molecule has 94 valence electrons. The predicted octanol–water partition coefficient (Wildman–Crippen LogP) is 0.991. The number of rotatable bonds is 5. The highest BCUT2D eigenvalue weighted by Gasteiger charge is 2.25. The molecule has 0 bridgehead atoms. The van der Waals surface area contributed by atoms with Gasteiger partial charge < -0.3 is 15.9 Å². The van der Waals surface area contributed by atoms with Gasteiger partial charge in [-0.2, -0.15) is 0 Å². The van der Waals surface area contributed by atoms with E-state index in [4.69, 9.17) is 17.3 Å². The highest BCUT2D eigenvalue weighted by molar-refractivity contribution is 6.30. The Balaban J connectivity index is 3.08. The van der Waals surface area contributed by atoms with Gasteiger partial charge in [0.15, 0.2) is 0 Å². The van der Waals surface area contributed by atoms with E-state index in [0.29, 0.717) is 0 Å². The number of benzene rings is 1. The molecule has 6 nitrogen and oxygen atoms in total. The predicted molar refractivity (Wildman–Crippen MR) is 62.7 cm³/mol. The number of halogens is 1. The highest BCUT2D eigenvalue weighted by Crippen LogP contribution is 2.30. The van der Waals surface area contributed by atoms with Crippen molar-refractivity contribution in [3.05, 3.63) is 38.9 Å². The summed E-state index contributed by atoms with van der Waals surface area (Å²) < 4.78 is 0. The van der Waals surface area contributed by atoms with Crippen molar-refractivity contribution in [1.29, 1.82) is 0 Å². The van der Waals surface area contributed by atoms with Crippen LogP contribution in [0.4, 0.5) is 5.69 Å². The van der Waals surface area contributed by atoms with E-state index < -0.39 is 17.1 Å². The van der Waals surface area contributed by atoms with Crippen molar-refractivity contribution in [2.75, 3.05) is 6.54 Å². The van der Waals surface area contributed by atoms with Gasteiger partial charge in [0.25, 0.3) is 5.69 Å². The Morgan fingerprint density at radius 2 is 2.12 bits per heavy atom. The lowest BCUT2D eigenvalue weighted by molar-refractivity contribution is -0.386. The summed E-state index contributed by atoms with van der Waals surface area (Å²) in [6.45, 7) is 0.180. The standard InChI is InChI=1S/C10H13ClN2O4/c11-6-1-2-7(8(5-6)13(16)17)10(15)9(14)3-4-12/h1-2,5,9-10,14-15H,3-4,12H2. The van der Waals surface area contributed by atoms with Gasteiger partial charge in [-0.25, -0.2) is 0 Å². The quantitative estimate of drug-likeness (QED) is 0.540. The summed E-state index contributed by atoms with van der Waals surface area (Å²) in [5, 5.41) is 30.3. The molecule has 7 heteroatoms. The summed E-state index contributed by atoms with van der Waals surface area (Å²) in [7, 11) is 0. The second-order valence-corrected chi connectivity index (χ2v) is 3.99. The first-order valence-corrected chi connectivity index (χ1v) is 5.35. The summed E-state index contributed by atoms with van der Waals surface area (Å²) >= 11 is 5.64. The molecule has 0 fully saturated rings. The van der Waals surface area contributed by atoms with Crippen LogP contribution < -0.4 is 5.73 Å². The number of aliphatic hydroxyl groups is 2. The highest BCUT2D eigenvalue weighted by atomic mass is 35.5. The summed E-state index contributed by atoms with van der Waals surface area (Å²) in [6, 6.07) is 3.88. The molecule has 0 aliphatic heterocycles. The third-order valence-corrected chi connectivity index (χ3v) is 2.57. The number of nitrogens with two attached hydrogens (primary N) is 1. The van der Waals surface area contributed by atoms with Gasteiger partial charge in [0.2, 0.25) is 0 Å². The summed E-state index contributed by atoms with van der Waals surface area (Å²) in [4.78, 5) is 10.1. The van der Waals surface area contributed by atoms with Crippen molar-refractivity contribution in [1.82, 2.24) is 0 Å². The molecule has 4 N–H and O–H groups in total. The minimum atomic E-state index is -1.35. The summed E-state index contributed by atoms with van der Waals surface area (Å²) in [5.41, 5.74) is 4.95. The number of aliphatic hydroxyl groups excluding tert-OH is 2. The lowest BCUT2D eigenvalue weighted by Crippen LogP contribution is -2.22. The van der Waals surface area contributed by atoms with Crippen molar-refractivity contribution in [3.8, 4) is 0 Å². The van der Waals surface area contributed by atoms with E-state index in [0.717, 1.165) is 6.07 Å². The Morgan fingerprint density at radius 3 is 2.65 bits per heavy atom. The summed E-state index contributed by atoms with van der Waals surface area (Å²) in [6.07, 6.45) is -2.34. The van der Waals surface area contributed by atoms with Gasteiger partial charge in [-0.1, -0.05) is 11.6 Å². The molecule has 0 aromatic heterocycles. The average Bonchev–Trinajstić information content (AvgIpc) is 2.28. The van der Waals surface area contributed by atoms with E-state index in [2.05, 4.69) is 0 Å². The molecule has 2 unspecified atom stereocenters. The average molecular weight is 261 g/mol. The maximum atomic E-state index is 10.8. The molecule has 0 radical (unpaired) electrons. The maximum Gasteiger partial charge on any atom is 0.276 e. The van der Waals surface area contributed by atoms with E-state index in [1.54, 1.807) is 0 Å². The molecule has 0 amide bonds. The van der Waals surface area contributed by atoms with Gasteiger partial charge in [0.05, 0.1) is 16.6 Å². The van der Waals surface area contributed by atoms with Gasteiger partial charge in [-0.15, -0.1) is 0 Å². The van der Waals surface area contributed by atoms with Gasteiger partial charge in [-0.05, 0) is 25.1 Å². The van der Waals surface area contributed by atoms with Gasteiger partial charge in [-0.3, -0.25) is 10.1 Å². The second-order valence-electron chi connectivity index (χ2n) is 3.55. The number of nitro benzene ring substituents is 1. The third kappa shape index (κ3) is 3.37. The fourth-order valence-electron chi connectivity index (χ4n) is 1.46. The molecule has 0 spiro atoms. The van der Waals surface area contributed by atoms with E-state index in [-0.39, 0.29) is 29.2 Å². The number of nitro groups is 1. The van der Waals surface area contributed by atoms with Crippen molar-refractivity contribution in [3.63, 3.8) is 0 Å².